The minimum absolute atomic E-state index is 0.177. The van der Waals surface area contributed by atoms with E-state index < -0.39 is 11.9 Å². The Labute approximate surface area is 109 Å². The van der Waals surface area contributed by atoms with Crippen LogP contribution in [0.1, 0.15) is 21.5 Å². The second-order valence-electron chi connectivity index (χ2n) is 3.86. The first-order chi connectivity index (χ1) is 9.10. The molecule has 0 radical (unpaired) electrons. The number of aryl methyl sites for hydroxylation is 1. The number of carbonyl (C=O) groups is 1. The fourth-order valence-corrected chi connectivity index (χ4v) is 1.45. The van der Waals surface area contributed by atoms with Crippen LogP contribution in [0.25, 0.3) is 0 Å². The number of nitrogens with one attached hydrogen (secondary N) is 1. The average Bonchev–Trinajstić information content (AvgIpc) is 2.43. The lowest BCUT2D eigenvalue weighted by atomic mass is 10.2. The van der Waals surface area contributed by atoms with Gasteiger partial charge in [-0.15, -0.1) is 6.42 Å². The molecule has 0 saturated heterocycles. The molecule has 0 spiro atoms. The Morgan fingerprint density at radius 1 is 1.42 bits per heavy atom. The van der Waals surface area contributed by atoms with Gasteiger partial charge in [0.15, 0.2) is 0 Å². The number of halogens is 1. The molecule has 0 fully saturated rings. The molecule has 94 valence electrons. The molecule has 1 amide bonds. The molecule has 0 aliphatic rings. The van der Waals surface area contributed by atoms with E-state index in [1.54, 1.807) is 6.92 Å². The number of anilines is 1. The second-order valence-corrected chi connectivity index (χ2v) is 3.86. The van der Waals surface area contributed by atoms with Crippen molar-refractivity contribution in [1.29, 1.82) is 0 Å². The Morgan fingerprint density at radius 2 is 2.21 bits per heavy atom. The summed E-state index contributed by atoms with van der Waals surface area (Å²) >= 11 is 0. The molecule has 0 aromatic carbocycles. The van der Waals surface area contributed by atoms with Gasteiger partial charge < -0.3 is 5.32 Å². The van der Waals surface area contributed by atoms with Crippen LogP contribution < -0.4 is 5.32 Å². The monoisotopic (exact) mass is 255 g/mol. The molecule has 0 bridgehead atoms. The van der Waals surface area contributed by atoms with Crippen LogP contribution in [0.4, 0.5) is 10.2 Å². The van der Waals surface area contributed by atoms with Crippen molar-refractivity contribution >= 4 is 11.7 Å². The topological polar surface area (TPSA) is 54.9 Å². The molecule has 2 rings (SSSR count). The van der Waals surface area contributed by atoms with Crippen LogP contribution >= 0.6 is 0 Å². The lowest BCUT2D eigenvalue weighted by Crippen LogP contribution is -2.14. The summed E-state index contributed by atoms with van der Waals surface area (Å²) in [6.07, 6.45) is 8.09. The number of carbonyl (C=O) groups excluding carboxylic acids is 1. The number of hydrogen-bond donors (Lipinski definition) is 1. The predicted molar refractivity (Wildman–Crippen MR) is 69.1 cm³/mol. The fraction of sp³-hybridized carbons (Fsp3) is 0.0714. The number of rotatable bonds is 2. The van der Waals surface area contributed by atoms with Crippen LogP contribution in [0.5, 0.6) is 0 Å². The average molecular weight is 255 g/mol. The molecule has 0 aliphatic heterocycles. The summed E-state index contributed by atoms with van der Waals surface area (Å²) in [7, 11) is 0. The van der Waals surface area contributed by atoms with E-state index in [1.807, 2.05) is 0 Å². The van der Waals surface area contributed by atoms with E-state index >= 15 is 0 Å². The number of amides is 1. The van der Waals surface area contributed by atoms with E-state index in [-0.39, 0.29) is 5.82 Å². The zero-order valence-corrected chi connectivity index (χ0v) is 10.1. The molecule has 0 atom stereocenters. The van der Waals surface area contributed by atoms with Gasteiger partial charge in [0, 0.05) is 18.0 Å². The predicted octanol–water partition coefficient (Wildman–Crippen LogP) is 2.16. The van der Waals surface area contributed by atoms with Crippen LogP contribution in [-0.4, -0.2) is 15.9 Å². The summed E-state index contributed by atoms with van der Waals surface area (Å²) in [5, 5.41) is 2.52. The first-order valence-corrected chi connectivity index (χ1v) is 5.46. The van der Waals surface area contributed by atoms with Crippen LogP contribution in [0.2, 0.25) is 0 Å². The maximum absolute atomic E-state index is 13.0. The molecular formula is C14H10FN3O. The minimum atomic E-state index is -0.656. The highest BCUT2D eigenvalue weighted by molar-refractivity contribution is 6.04. The minimum Gasteiger partial charge on any atom is -0.306 e. The van der Waals surface area contributed by atoms with Gasteiger partial charge in [0.2, 0.25) is 5.95 Å². The van der Waals surface area contributed by atoms with Crippen molar-refractivity contribution in [2.24, 2.45) is 0 Å². The molecule has 1 N–H and O–H groups in total. The fourth-order valence-electron chi connectivity index (χ4n) is 1.45. The van der Waals surface area contributed by atoms with Gasteiger partial charge in [0.05, 0.1) is 5.56 Å². The van der Waals surface area contributed by atoms with E-state index in [0.717, 1.165) is 0 Å². The third-order valence-electron chi connectivity index (χ3n) is 2.46. The van der Waals surface area contributed by atoms with E-state index in [1.165, 1.54) is 30.6 Å². The molecule has 4 nitrogen and oxygen atoms in total. The first-order valence-electron chi connectivity index (χ1n) is 5.46. The van der Waals surface area contributed by atoms with Gasteiger partial charge in [0.25, 0.3) is 5.91 Å². The lowest BCUT2D eigenvalue weighted by Gasteiger charge is -2.07. The van der Waals surface area contributed by atoms with Crippen molar-refractivity contribution < 1.29 is 9.18 Å². The molecule has 2 aromatic rings. The molecule has 5 heteroatoms. The van der Waals surface area contributed by atoms with Gasteiger partial charge >= 0.3 is 0 Å². The maximum atomic E-state index is 13.0. The van der Waals surface area contributed by atoms with Gasteiger partial charge in [-0.1, -0.05) is 12.0 Å². The van der Waals surface area contributed by atoms with Gasteiger partial charge in [-0.05, 0) is 24.6 Å². The van der Waals surface area contributed by atoms with Crippen molar-refractivity contribution in [2.45, 2.75) is 6.92 Å². The van der Waals surface area contributed by atoms with E-state index in [4.69, 9.17) is 6.42 Å². The van der Waals surface area contributed by atoms with Crippen molar-refractivity contribution in [3.8, 4) is 12.3 Å². The maximum Gasteiger partial charge on any atom is 0.258 e. The van der Waals surface area contributed by atoms with E-state index in [2.05, 4.69) is 21.2 Å². The molecule has 0 saturated carbocycles. The molecule has 0 unspecified atom stereocenters. The summed E-state index contributed by atoms with van der Waals surface area (Å²) in [5.41, 5.74) is 1.45. The number of pyridine rings is 2. The second kappa shape index (κ2) is 5.27. The third kappa shape index (κ3) is 2.93. The summed E-state index contributed by atoms with van der Waals surface area (Å²) in [5.74, 6) is 1.47. The zero-order chi connectivity index (χ0) is 13.8. The standard InChI is InChI=1S/C14H10FN3O/c1-3-10-6-11(8-16-7-10)14(19)18-13-9(2)4-5-12(15)17-13/h1,4-8H,2H3,(H,17,18,19). The van der Waals surface area contributed by atoms with Crippen LogP contribution in [0, 0.1) is 25.2 Å². The van der Waals surface area contributed by atoms with Crippen LogP contribution in [0.3, 0.4) is 0 Å². The Morgan fingerprint density at radius 3 is 2.95 bits per heavy atom. The Kier molecular flexibility index (Phi) is 3.53. The van der Waals surface area contributed by atoms with Crippen molar-refractivity contribution in [2.75, 3.05) is 5.32 Å². The van der Waals surface area contributed by atoms with Gasteiger partial charge in [0.1, 0.15) is 5.82 Å². The number of hydrogen-bond acceptors (Lipinski definition) is 3. The molecule has 19 heavy (non-hydrogen) atoms. The third-order valence-corrected chi connectivity index (χ3v) is 2.46. The number of terminal acetylenes is 1. The van der Waals surface area contributed by atoms with Crippen molar-refractivity contribution in [3.63, 3.8) is 0 Å². The summed E-state index contributed by atoms with van der Waals surface area (Å²) in [4.78, 5) is 19.4. The SMILES string of the molecule is C#Cc1cncc(C(=O)Nc2nc(F)ccc2C)c1. The quantitative estimate of drug-likeness (QED) is 0.661. The van der Waals surface area contributed by atoms with E-state index in [9.17, 15) is 9.18 Å². The van der Waals surface area contributed by atoms with Crippen LogP contribution in [-0.2, 0) is 0 Å². The molecule has 2 aromatic heterocycles. The molecule has 2 heterocycles. The van der Waals surface area contributed by atoms with Gasteiger partial charge in [-0.2, -0.15) is 4.39 Å². The van der Waals surface area contributed by atoms with Gasteiger partial charge in [-0.25, -0.2) is 4.98 Å². The number of nitrogens with zero attached hydrogens (tertiary/aromatic N) is 2. The lowest BCUT2D eigenvalue weighted by molar-refractivity contribution is 0.102. The Balaban J connectivity index is 2.26. The first kappa shape index (κ1) is 12.7. The smallest absolute Gasteiger partial charge is 0.258 e. The summed E-state index contributed by atoms with van der Waals surface area (Å²) < 4.78 is 13.0. The summed E-state index contributed by atoms with van der Waals surface area (Å²) in [6, 6.07) is 4.29. The molecule has 0 aliphatic carbocycles. The van der Waals surface area contributed by atoms with Gasteiger partial charge in [-0.3, -0.25) is 9.78 Å². The highest BCUT2D eigenvalue weighted by Gasteiger charge is 2.10. The van der Waals surface area contributed by atoms with Crippen molar-refractivity contribution in [1.82, 2.24) is 9.97 Å². The molecular weight excluding hydrogens is 245 g/mol. The highest BCUT2D eigenvalue weighted by Crippen LogP contribution is 2.13. The van der Waals surface area contributed by atoms with Crippen LogP contribution in [0.15, 0.2) is 30.6 Å². The van der Waals surface area contributed by atoms with Crippen molar-refractivity contribution in [3.05, 3.63) is 53.2 Å². The zero-order valence-electron chi connectivity index (χ0n) is 10.1. The summed E-state index contributed by atoms with van der Waals surface area (Å²) in [6.45, 7) is 1.72. The Bertz CT molecular complexity index is 677. The van der Waals surface area contributed by atoms with E-state index in [0.29, 0.717) is 16.7 Å². The normalized spacial score (nSPS) is 9.74. The highest BCUT2D eigenvalue weighted by atomic mass is 19.1. The largest absolute Gasteiger partial charge is 0.306 e. The number of aromatic nitrogens is 2. The Hall–Kier alpha value is -2.74.